The number of ether oxygens (including phenoxy) is 1. The Hall–Kier alpha value is -2.26. The molecule has 1 aromatic heterocycles. The molecule has 1 aromatic carbocycles. The summed E-state index contributed by atoms with van der Waals surface area (Å²) < 4.78 is 6.38. The van der Waals surface area contributed by atoms with Gasteiger partial charge in [-0.25, -0.2) is 10.8 Å². The summed E-state index contributed by atoms with van der Waals surface area (Å²) in [5.41, 5.74) is 3.00. The van der Waals surface area contributed by atoms with Gasteiger partial charge in [0.15, 0.2) is 0 Å². The number of benzene rings is 1. The molecule has 0 fully saturated rings. The number of aromatic nitrogens is 2. The average molecular weight is 354 g/mol. The topological polar surface area (TPSA) is 116 Å². The van der Waals surface area contributed by atoms with Crippen LogP contribution in [-0.2, 0) is 6.61 Å². The first-order valence-corrected chi connectivity index (χ1v) is 6.67. The van der Waals surface area contributed by atoms with Gasteiger partial charge in [-0.05, 0) is 24.6 Å². The molecule has 0 aliphatic carbocycles. The van der Waals surface area contributed by atoms with Crippen molar-refractivity contribution in [3.05, 3.63) is 50.1 Å². The second-order valence-corrected chi connectivity index (χ2v) is 5.02. The van der Waals surface area contributed by atoms with Crippen LogP contribution in [0.15, 0.2) is 28.7 Å². The summed E-state index contributed by atoms with van der Waals surface area (Å²) in [7, 11) is 0. The van der Waals surface area contributed by atoms with Gasteiger partial charge >= 0.3 is 5.69 Å². The monoisotopic (exact) mass is 353 g/mol. The number of nitro groups is 1. The van der Waals surface area contributed by atoms with Gasteiger partial charge in [0, 0.05) is 4.47 Å². The Bertz CT molecular complexity index is 663. The smallest absolute Gasteiger partial charge is 0.352 e. The van der Waals surface area contributed by atoms with E-state index in [0.29, 0.717) is 0 Å². The highest BCUT2D eigenvalue weighted by atomic mass is 79.9. The lowest BCUT2D eigenvalue weighted by atomic mass is 10.2. The van der Waals surface area contributed by atoms with Crippen molar-refractivity contribution >= 4 is 27.6 Å². The molecule has 0 unspecified atom stereocenters. The van der Waals surface area contributed by atoms with Gasteiger partial charge in [0.2, 0.25) is 5.95 Å². The number of rotatable bonds is 5. The number of nitrogens with zero attached hydrogens (tertiary/aromatic N) is 3. The molecule has 0 amide bonds. The van der Waals surface area contributed by atoms with Crippen LogP contribution in [0.3, 0.4) is 0 Å². The summed E-state index contributed by atoms with van der Waals surface area (Å²) in [6, 6.07) is 7.38. The maximum Gasteiger partial charge on any atom is 0.352 e. The standard InChI is InChI=1S/C12H12BrN5O3/c1-7-10(18(19)20)11(16-12(15-7)17-14)21-6-8-2-4-9(13)5-3-8/h2-5H,6,14H2,1H3,(H,15,16,17). The minimum absolute atomic E-state index is 0.0592. The first-order chi connectivity index (χ1) is 10.0. The van der Waals surface area contributed by atoms with Crippen LogP contribution in [0.1, 0.15) is 11.3 Å². The molecule has 0 aliphatic heterocycles. The van der Waals surface area contributed by atoms with E-state index in [4.69, 9.17) is 10.6 Å². The average Bonchev–Trinajstić information content (AvgIpc) is 2.45. The van der Waals surface area contributed by atoms with Gasteiger partial charge in [-0.15, -0.1) is 0 Å². The van der Waals surface area contributed by atoms with Crippen LogP contribution in [0.5, 0.6) is 5.88 Å². The second-order valence-electron chi connectivity index (χ2n) is 4.10. The zero-order chi connectivity index (χ0) is 15.4. The second kappa shape index (κ2) is 6.46. The van der Waals surface area contributed by atoms with E-state index in [-0.39, 0.29) is 29.8 Å². The van der Waals surface area contributed by atoms with Crippen LogP contribution in [0, 0.1) is 17.0 Å². The van der Waals surface area contributed by atoms with E-state index in [2.05, 4.69) is 31.3 Å². The number of nitrogens with two attached hydrogens (primary N) is 1. The van der Waals surface area contributed by atoms with Crippen LogP contribution in [0.4, 0.5) is 11.6 Å². The molecule has 0 bridgehead atoms. The van der Waals surface area contributed by atoms with Gasteiger partial charge in [0.05, 0.1) is 4.92 Å². The van der Waals surface area contributed by atoms with Crippen molar-refractivity contribution < 1.29 is 9.66 Å². The van der Waals surface area contributed by atoms with Crippen molar-refractivity contribution in [3.63, 3.8) is 0 Å². The fraction of sp³-hybridized carbons (Fsp3) is 0.167. The first kappa shape index (κ1) is 15.1. The molecule has 0 spiro atoms. The predicted octanol–water partition coefficient (Wildman–Crippen LogP) is 2.32. The van der Waals surface area contributed by atoms with E-state index < -0.39 is 4.92 Å². The lowest BCUT2D eigenvalue weighted by Crippen LogP contribution is -2.13. The molecule has 2 rings (SSSR count). The third-order valence-electron chi connectivity index (χ3n) is 2.63. The zero-order valence-corrected chi connectivity index (χ0v) is 12.6. The minimum Gasteiger partial charge on any atom is -0.468 e. The molecule has 9 heteroatoms. The van der Waals surface area contributed by atoms with Crippen molar-refractivity contribution in [2.75, 3.05) is 5.43 Å². The lowest BCUT2D eigenvalue weighted by Gasteiger charge is -2.09. The Morgan fingerprint density at radius 3 is 2.62 bits per heavy atom. The minimum atomic E-state index is -0.577. The molecule has 1 heterocycles. The summed E-state index contributed by atoms with van der Waals surface area (Å²) in [5.74, 6) is 5.17. The number of nitrogens with one attached hydrogen (secondary N) is 1. The molecule has 0 radical (unpaired) electrons. The Morgan fingerprint density at radius 2 is 2.05 bits per heavy atom. The summed E-state index contributed by atoms with van der Waals surface area (Å²) in [6.07, 6.45) is 0. The van der Waals surface area contributed by atoms with Gasteiger partial charge < -0.3 is 4.74 Å². The molecule has 2 aromatic rings. The summed E-state index contributed by atoms with van der Waals surface area (Å²) >= 11 is 3.33. The van der Waals surface area contributed by atoms with Crippen molar-refractivity contribution in [3.8, 4) is 5.88 Å². The van der Waals surface area contributed by atoms with Gasteiger partial charge in [-0.1, -0.05) is 28.1 Å². The van der Waals surface area contributed by atoms with Crippen molar-refractivity contribution in [1.82, 2.24) is 9.97 Å². The van der Waals surface area contributed by atoms with Crippen molar-refractivity contribution in [2.24, 2.45) is 5.84 Å². The highest BCUT2D eigenvalue weighted by Crippen LogP contribution is 2.29. The van der Waals surface area contributed by atoms with Crippen LogP contribution >= 0.6 is 15.9 Å². The third-order valence-corrected chi connectivity index (χ3v) is 3.16. The highest BCUT2D eigenvalue weighted by Gasteiger charge is 2.23. The fourth-order valence-electron chi connectivity index (χ4n) is 1.65. The first-order valence-electron chi connectivity index (χ1n) is 5.88. The maximum absolute atomic E-state index is 11.1. The predicted molar refractivity (Wildman–Crippen MR) is 79.7 cm³/mol. The molecular weight excluding hydrogens is 342 g/mol. The molecule has 0 saturated carbocycles. The molecular formula is C12H12BrN5O3. The number of halogens is 1. The SMILES string of the molecule is Cc1nc(NN)nc(OCc2ccc(Br)cc2)c1[N+](=O)[O-]. The van der Waals surface area contributed by atoms with Crippen LogP contribution < -0.4 is 16.0 Å². The Balaban J connectivity index is 2.27. The summed E-state index contributed by atoms with van der Waals surface area (Å²) in [6.45, 7) is 1.64. The Morgan fingerprint density at radius 1 is 1.38 bits per heavy atom. The van der Waals surface area contributed by atoms with Crippen molar-refractivity contribution in [1.29, 1.82) is 0 Å². The molecule has 0 saturated heterocycles. The molecule has 0 aliphatic rings. The number of hydrazine groups is 1. The van der Waals surface area contributed by atoms with Crippen LogP contribution in [-0.4, -0.2) is 14.9 Å². The van der Waals surface area contributed by atoms with E-state index in [1.807, 2.05) is 24.3 Å². The van der Waals surface area contributed by atoms with E-state index in [1.165, 1.54) is 6.92 Å². The van der Waals surface area contributed by atoms with E-state index in [1.54, 1.807) is 0 Å². The molecule has 21 heavy (non-hydrogen) atoms. The normalized spacial score (nSPS) is 10.2. The maximum atomic E-state index is 11.1. The van der Waals surface area contributed by atoms with Gasteiger partial charge in [0.25, 0.3) is 5.88 Å². The number of hydrogen-bond acceptors (Lipinski definition) is 7. The summed E-state index contributed by atoms with van der Waals surface area (Å²) in [5, 5.41) is 11.1. The lowest BCUT2D eigenvalue weighted by molar-refractivity contribution is -0.387. The fourth-order valence-corrected chi connectivity index (χ4v) is 1.91. The largest absolute Gasteiger partial charge is 0.468 e. The Kier molecular flexibility index (Phi) is 4.66. The quantitative estimate of drug-likeness (QED) is 0.481. The highest BCUT2D eigenvalue weighted by molar-refractivity contribution is 9.10. The number of anilines is 1. The van der Waals surface area contributed by atoms with Gasteiger partial charge in [-0.2, -0.15) is 4.98 Å². The molecule has 0 atom stereocenters. The number of nitrogen functional groups attached to an aromatic ring is 1. The van der Waals surface area contributed by atoms with Crippen molar-refractivity contribution in [2.45, 2.75) is 13.5 Å². The van der Waals surface area contributed by atoms with Crippen LogP contribution in [0.2, 0.25) is 0 Å². The zero-order valence-electron chi connectivity index (χ0n) is 11.0. The number of aryl methyl sites for hydroxylation is 1. The van der Waals surface area contributed by atoms with Gasteiger partial charge in [-0.3, -0.25) is 15.5 Å². The summed E-state index contributed by atoms with van der Waals surface area (Å²) in [4.78, 5) is 18.3. The van der Waals surface area contributed by atoms with Crippen LogP contribution in [0.25, 0.3) is 0 Å². The van der Waals surface area contributed by atoms with E-state index in [0.717, 1.165) is 10.0 Å². The molecule has 110 valence electrons. The number of hydrogen-bond donors (Lipinski definition) is 2. The van der Waals surface area contributed by atoms with Gasteiger partial charge in [0.1, 0.15) is 12.3 Å². The third kappa shape index (κ3) is 3.64. The molecule has 8 nitrogen and oxygen atoms in total. The van der Waals surface area contributed by atoms with E-state index >= 15 is 0 Å². The van der Waals surface area contributed by atoms with E-state index in [9.17, 15) is 10.1 Å². The Labute approximate surface area is 128 Å². The molecule has 3 N–H and O–H groups in total.